The number of carbonyl (C=O) groups is 1. The summed E-state index contributed by atoms with van der Waals surface area (Å²) in [6.45, 7) is 8.64. The molecular weight excluding hydrogens is 176 g/mol. The Morgan fingerprint density at radius 2 is 2.08 bits per heavy atom. The van der Waals surface area contributed by atoms with Crippen LogP contribution in [0.4, 0.5) is 4.79 Å². The first-order chi connectivity index (χ1) is 5.95. The Morgan fingerprint density at radius 3 is 2.54 bits per heavy atom. The monoisotopic (exact) mass is 190 g/mol. The van der Waals surface area contributed by atoms with E-state index in [0.717, 1.165) is 0 Å². The van der Waals surface area contributed by atoms with Crippen LogP contribution < -0.4 is 0 Å². The van der Waals surface area contributed by atoms with Gasteiger partial charge >= 0.3 is 6.16 Å². The highest BCUT2D eigenvalue weighted by Crippen LogP contribution is 2.07. The summed E-state index contributed by atoms with van der Waals surface area (Å²) < 4.78 is 4.42. The van der Waals surface area contributed by atoms with Gasteiger partial charge in [-0.2, -0.15) is 4.89 Å². The molecule has 0 unspecified atom stereocenters. The molecule has 0 radical (unpaired) electrons. The topological polar surface area (TPSA) is 54.0 Å². The minimum absolute atomic E-state index is 0.0672. The van der Waals surface area contributed by atoms with E-state index in [-0.39, 0.29) is 6.61 Å². The average Bonchev–Trinajstić information content (AvgIpc) is 1.98. The number of ether oxygens (including phenoxy) is 1. The zero-order valence-corrected chi connectivity index (χ0v) is 8.03. The van der Waals surface area contributed by atoms with E-state index >= 15 is 0 Å². The summed E-state index contributed by atoms with van der Waals surface area (Å²) >= 11 is 0. The smallest absolute Gasteiger partial charge is 0.428 e. The zero-order valence-electron chi connectivity index (χ0n) is 8.03. The molecule has 0 N–H and O–H groups in total. The third kappa shape index (κ3) is 8.84. The van der Waals surface area contributed by atoms with E-state index < -0.39 is 11.8 Å². The van der Waals surface area contributed by atoms with Crippen molar-refractivity contribution in [3.8, 4) is 0 Å². The lowest BCUT2D eigenvalue weighted by Gasteiger charge is -2.14. The largest absolute Gasteiger partial charge is 0.542 e. The third-order valence-corrected chi connectivity index (χ3v) is 0.705. The van der Waals surface area contributed by atoms with Gasteiger partial charge in [-0.1, -0.05) is 12.7 Å². The van der Waals surface area contributed by atoms with Crippen LogP contribution in [0.3, 0.4) is 0 Å². The van der Waals surface area contributed by atoms with Gasteiger partial charge in [-0.25, -0.2) is 9.68 Å². The lowest BCUT2D eigenvalue weighted by Crippen LogP contribution is -2.21. The quantitative estimate of drug-likeness (QED) is 0.293. The summed E-state index contributed by atoms with van der Waals surface area (Å²) in [4.78, 5) is 19.3. The van der Waals surface area contributed by atoms with Crippen LogP contribution >= 0.6 is 0 Å². The lowest BCUT2D eigenvalue weighted by atomic mass is 10.2. The van der Waals surface area contributed by atoms with Crippen molar-refractivity contribution >= 4 is 6.16 Å². The van der Waals surface area contributed by atoms with Crippen molar-refractivity contribution in [3.05, 3.63) is 12.7 Å². The number of hydrogen-bond acceptors (Lipinski definition) is 5. The van der Waals surface area contributed by atoms with E-state index in [2.05, 4.69) is 26.1 Å². The van der Waals surface area contributed by atoms with Gasteiger partial charge in [0.1, 0.15) is 6.61 Å². The second-order valence-electron chi connectivity index (χ2n) is 3.20. The fraction of sp³-hybridized carbons (Fsp3) is 0.625. The van der Waals surface area contributed by atoms with Crippen molar-refractivity contribution in [2.24, 2.45) is 0 Å². The van der Waals surface area contributed by atoms with Crippen LogP contribution in [0.1, 0.15) is 20.8 Å². The Kier molecular flexibility index (Phi) is 5.10. The van der Waals surface area contributed by atoms with Crippen molar-refractivity contribution in [1.82, 2.24) is 0 Å². The maximum Gasteiger partial charge on any atom is 0.542 e. The molecule has 0 saturated carbocycles. The molecule has 0 heterocycles. The van der Waals surface area contributed by atoms with Crippen LogP contribution in [0.5, 0.6) is 0 Å². The van der Waals surface area contributed by atoms with Crippen molar-refractivity contribution in [2.45, 2.75) is 26.4 Å². The van der Waals surface area contributed by atoms with Crippen LogP contribution in [0, 0.1) is 0 Å². The average molecular weight is 190 g/mol. The van der Waals surface area contributed by atoms with Gasteiger partial charge in [-0.05, 0) is 25.8 Å². The van der Waals surface area contributed by atoms with Crippen molar-refractivity contribution in [3.63, 3.8) is 0 Å². The number of hydrogen-bond donors (Lipinski definition) is 0. The molecule has 5 heteroatoms. The molecule has 0 aliphatic heterocycles. The van der Waals surface area contributed by atoms with Crippen LogP contribution in [-0.2, 0) is 19.6 Å². The van der Waals surface area contributed by atoms with Gasteiger partial charge < -0.3 is 4.74 Å². The Labute approximate surface area is 77.1 Å². The molecule has 0 amide bonds. The van der Waals surface area contributed by atoms with Gasteiger partial charge in [0, 0.05) is 0 Å². The summed E-state index contributed by atoms with van der Waals surface area (Å²) in [7, 11) is 0. The Bertz CT molecular complexity index is 170. The highest BCUT2D eigenvalue weighted by molar-refractivity contribution is 5.58. The molecule has 0 aromatic heterocycles. The fourth-order valence-corrected chi connectivity index (χ4v) is 0.298. The van der Waals surface area contributed by atoms with Crippen molar-refractivity contribution < 1.29 is 24.3 Å². The summed E-state index contributed by atoms with van der Waals surface area (Å²) in [5.41, 5.74) is -0.543. The molecule has 0 fully saturated rings. The Hall–Kier alpha value is -1.07. The summed E-state index contributed by atoms with van der Waals surface area (Å²) in [6, 6.07) is 0. The summed E-state index contributed by atoms with van der Waals surface area (Å²) in [5, 5.41) is 4.15. The standard InChI is InChI=1S/C8H14O5/c1-5-6-10-7(9)11-13-12-8(2,3)4/h5H,1,6H2,2-4H3. The highest BCUT2D eigenvalue weighted by atomic mass is 17.5. The third-order valence-electron chi connectivity index (χ3n) is 0.705. The molecule has 5 nitrogen and oxygen atoms in total. The molecule has 0 aromatic rings. The molecule has 0 aliphatic rings. The predicted octanol–water partition coefficient (Wildman–Crippen LogP) is 1.99. The van der Waals surface area contributed by atoms with E-state index in [1.165, 1.54) is 6.08 Å². The first kappa shape index (κ1) is 11.9. The maximum absolute atomic E-state index is 10.6. The molecule has 0 aromatic carbocycles. The second kappa shape index (κ2) is 5.55. The van der Waals surface area contributed by atoms with Gasteiger partial charge in [0.25, 0.3) is 0 Å². The predicted molar refractivity (Wildman–Crippen MR) is 44.6 cm³/mol. The molecule has 0 spiro atoms. The lowest BCUT2D eigenvalue weighted by molar-refractivity contribution is -0.514. The van der Waals surface area contributed by atoms with E-state index in [4.69, 9.17) is 0 Å². The summed E-state index contributed by atoms with van der Waals surface area (Å²) in [5.74, 6) is 0. The maximum atomic E-state index is 10.6. The molecule has 0 atom stereocenters. The van der Waals surface area contributed by atoms with Crippen LogP contribution in [0.25, 0.3) is 0 Å². The minimum atomic E-state index is -0.968. The first-order valence-corrected chi connectivity index (χ1v) is 3.76. The molecule has 0 aliphatic carbocycles. The van der Waals surface area contributed by atoms with Gasteiger partial charge in [0.05, 0.1) is 5.60 Å². The zero-order chi connectivity index (χ0) is 10.3. The van der Waals surface area contributed by atoms with Gasteiger partial charge in [-0.15, -0.1) is 0 Å². The minimum Gasteiger partial charge on any atom is -0.428 e. The number of carbonyl (C=O) groups excluding carboxylic acids is 1. The van der Waals surface area contributed by atoms with E-state index in [1.807, 2.05) is 0 Å². The highest BCUT2D eigenvalue weighted by Gasteiger charge is 2.14. The number of rotatable bonds is 4. The summed E-state index contributed by atoms with van der Waals surface area (Å²) in [6.07, 6.45) is 0.440. The Morgan fingerprint density at radius 1 is 1.46 bits per heavy atom. The first-order valence-electron chi connectivity index (χ1n) is 3.76. The van der Waals surface area contributed by atoms with E-state index in [9.17, 15) is 4.79 Å². The molecule has 0 rings (SSSR count). The SMILES string of the molecule is C=CCOC(=O)OOOC(C)(C)C. The molecule has 76 valence electrons. The van der Waals surface area contributed by atoms with Crippen LogP contribution in [0.15, 0.2) is 12.7 Å². The molecule has 0 saturated heterocycles. The molecular formula is C8H14O5. The van der Waals surface area contributed by atoms with Crippen molar-refractivity contribution in [1.29, 1.82) is 0 Å². The Balaban J connectivity index is 3.42. The van der Waals surface area contributed by atoms with Crippen molar-refractivity contribution in [2.75, 3.05) is 6.61 Å². The van der Waals surface area contributed by atoms with Crippen LogP contribution in [0.2, 0.25) is 0 Å². The second-order valence-corrected chi connectivity index (χ2v) is 3.20. The molecule has 0 bridgehead atoms. The fourth-order valence-electron chi connectivity index (χ4n) is 0.298. The van der Waals surface area contributed by atoms with E-state index in [1.54, 1.807) is 20.8 Å². The van der Waals surface area contributed by atoms with Gasteiger partial charge in [-0.3, -0.25) is 0 Å². The normalized spacial score (nSPS) is 10.7. The van der Waals surface area contributed by atoms with Gasteiger partial charge in [0.2, 0.25) is 0 Å². The van der Waals surface area contributed by atoms with E-state index in [0.29, 0.717) is 0 Å². The van der Waals surface area contributed by atoms with Crippen LogP contribution in [-0.4, -0.2) is 18.4 Å². The molecule has 13 heavy (non-hydrogen) atoms. The van der Waals surface area contributed by atoms with Gasteiger partial charge in [0.15, 0.2) is 0 Å².